The molecule has 0 saturated carbocycles. The fourth-order valence-electron chi connectivity index (χ4n) is 0.856. The molecule has 1 N–H and O–H groups in total. The SMILES string of the molecule is CC(=O)Nc1cc(C(F)(F)F)ccn1. The standard InChI is InChI=1S/C8H7F3N2O/c1-5(14)13-7-4-6(2-3-12-7)8(9,10)11/h2-4H,1H3,(H,12,13,14). The molecule has 0 aliphatic heterocycles. The van der Waals surface area contributed by atoms with Crippen molar-refractivity contribution in [3.63, 3.8) is 0 Å². The number of carbonyl (C=O) groups excluding carboxylic acids is 1. The molecular formula is C8H7F3N2O. The molecule has 0 aromatic carbocycles. The Morgan fingerprint density at radius 3 is 2.64 bits per heavy atom. The zero-order valence-electron chi connectivity index (χ0n) is 7.22. The van der Waals surface area contributed by atoms with Crippen LogP contribution in [0.1, 0.15) is 12.5 Å². The topological polar surface area (TPSA) is 42.0 Å². The van der Waals surface area contributed by atoms with Crippen LogP contribution in [0.3, 0.4) is 0 Å². The summed E-state index contributed by atoms with van der Waals surface area (Å²) in [5.41, 5.74) is -0.837. The van der Waals surface area contributed by atoms with E-state index < -0.39 is 17.6 Å². The normalized spacial score (nSPS) is 11.1. The van der Waals surface area contributed by atoms with E-state index in [1.165, 1.54) is 6.92 Å². The van der Waals surface area contributed by atoms with Crippen LogP contribution in [0.15, 0.2) is 18.3 Å². The summed E-state index contributed by atoms with van der Waals surface area (Å²) in [7, 11) is 0. The molecular weight excluding hydrogens is 197 g/mol. The fourth-order valence-corrected chi connectivity index (χ4v) is 0.856. The van der Waals surface area contributed by atoms with Crippen molar-refractivity contribution in [3.8, 4) is 0 Å². The number of alkyl halides is 3. The smallest absolute Gasteiger partial charge is 0.311 e. The molecule has 0 fully saturated rings. The molecule has 6 heteroatoms. The van der Waals surface area contributed by atoms with Gasteiger partial charge in [0.1, 0.15) is 5.82 Å². The van der Waals surface area contributed by atoms with Gasteiger partial charge in [0, 0.05) is 13.1 Å². The van der Waals surface area contributed by atoms with Gasteiger partial charge in [-0.2, -0.15) is 13.2 Å². The second-order valence-corrected chi connectivity index (χ2v) is 2.61. The van der Waals surface area contributed by atoms with Crippen LogP contribution < -0.4 is 5.32 Å². The van der Waals surface area contributed by atoms with Crippen molar-refractivity contribution in [3.05, 3.63) is 23.9 Å². The molecule has 0 bridgehead atoms. The van der Waals surface area contributed by atoms with Crippen LogP contribution in [-0.2, 0) is 11.0 Å². The van der Waals surface area contributed by atoms with E-state index in [-0.39, 0.29) is 5.82 Å². The molecule has 1 rings (SSSR count). The maximum Gasteiger partial charge on any atom is 0.416 e. The van der Waals surface area contributed by atoms with Crippen molar-refractivity contribution in [2.24, 2.45) is 0 Å². The average Bonchev–Trinajstić information content (AvgIpc) is 2.01. The van der Waals surface area contributed by atoms with E-state index in [1.54, 1.807) is 0 Å². The van der Waals surface area contributed by atoms with Gasteiger partial charge in [0.15, 0.2) is 0 Å². The van der Waals surface area contributed by atoms with Gasteiger partial charge in [-0.25, -0.2) is 4.98 Å². The maximum absolute atomic E-state index is 12.2. The number of rotatable bonds is 1. The Balaban J connectivity index is 2.95. The lowest BCUT2D eigenvalue weighted by Crippen LogP contribution is -2.10. The molecule has 1 aromatic heterocycles. The molecule has 14 heavy (non-hydrogen) atoms. The Labute approximate surface area is 78.0 Å². The summed E-state index contributed by atoms with van der Waals surface area (Å²) in [6, 6.07) is 1.62. The maximum atomic E-state index is 12.2. The van der Waals surface area contributed by atoms with Gasteiger partial charge in [-0.3, -0.25) is 4.79 Å². The van der Waals surface area contributed by atoms with Crippen LogP contribution in [0.5, 0.6) is 0 Å². The number of nitrogens with one attached hydrogen (secondary N) is 1. The van der Waals surface area contributed by atoms with Gasteiger partial charge in [0.05, 0.1) is 5.56 Å². The lowest BCUT2D eigenvalue weighted by molar-refractivity contribution is -0.137. The van der Waals surface area contributed by atoms with Gasteiger partial charge in [-0.05, 0) is 12.1 Å². The molecule has 1 aromatic rings. The minimum absolute atomic E-state index is 0.104. The lowest BCUT2D eigenvalue weighted by Gasteiger charge is -2.07. The zero-order chi connectivity index (χ0) is 10.8. The summed E-state index contributed by atoms with van der Waals surface area (Å²) in [4.78, 5) is 14.1. The highest BCUT2D eigenvalue weighted by molar-refractivity contribution is 5.87. The Kier molecular flexibility index (Phi) is 2.73. The Bertz CT molecular complexity index is 349. The van der Waals surface area contributed by atoms with E-state index in [9.17, 15) is 18.0 Å². The first kappa shape index (κ1) is 10.5. The summed E-state index contributed by atoms with van der Waals surface area (Å²) in [6.07, 6.45) is -3.43. The minimum Gasteiger partial charge on any atom is -0.311 e. The highest BCUT2D eigenvalue weighted by atomic mass is 19.4. The monoisotopic (exact) mass is 204 g/mol. The number of amides is 1. The molecule has 1 amide bonds. The van der Waals surface area contributed by atoms with Crippen molar-refractivity contribution in [2.75, 3.05) is 5.32 Å². The molecule has 76 valence electrons. The first-order valence-corrected chi connectivity index (χ1v) is 3.70. The van der Waals surface area contributed by atoms with E-state index in [4.69, 9.17) is 0 Å². The van der Waals surface area contributed by atoms with Crippen LogP contribution in [-0.4, -0.2) is 10.9 Å². The number of hydrogen-bond donors (Lipinski definition) is 1. The summed E-state index contributed by atoms with van der Waals surface area (Å²) in [6.45, 7) is 1.20. The largest absolute Gasteiger partial charge is 0.416 e. The fraction of sp³-hybridized carbons (Fsp3) is 0.250. The van der Waals surface area contributed by atoms with Gasteiger partial charge >= 0.3 is 6.18 Å². The third-order valence-electron chi connectivity index (χ3n) is 1.39. The third-order valence-corrected chi connectivity index (χ3v) is 1.39. The van der Waals surface area contributed by atoms with Gasteiger partial charge in [-0.1, -0.05) is 0 Å². The van der Waals surface area contributed by atoms with Crippen LogP contribution in [0.2, 0.25) is 0 Å². The molecule has 0 unspecified atom stereocenters. The molecule has 0 aliphatic rings. The predicted molar refractivity (Wildman–Crippen MR) is 43.5 cm³/mol. The number of anilines is 1. The first-order chi connectivity index (χ1) is 6.39. The van der Waals surface area contributed by atoms with Crippen LogP contribution in [0, 0.1) is 0 Å². The predicted octanol–water partition coefficient (Wildman–Crippen LogP) is 2.06. The number of nitrogens with zero attached hydrogens (tertiary/aromatic N) is 1. The lowest BCUT2D eigenvalue weighted by atomic mass is 10.2. The quantitative estimate of drug-likeness (QED) is 0.760. The Morgan fingerprint density at radius 1 is 1.50 bits per heavy atom. The van der Waals surface area contributed by atoms with Crippen molar-refractivity contribution >= 4 is 11.7 Å². The second-order valence-electron chi connectivity index (χ2n) is 2.61. The number of pyridine rings is 1. The number of aromatic nitrogens is 1. The Hall–Kier alpha value is -1.59. The van der Waals surface area contributed by atoms with Gasteiger partial charge in [0.25, 0.3) is 0 Å². The van der Waals surface area contributed by atoms with E-state index in [0.717, 1.165) is 18.3 Å². The molecule has 0 spiro atoms. The van der Waals surface area contributed by atoms with Gasteiger partial charge < -0.3 is 5.32 Å². The van der Waals surface area contributed by atoms with Crippen LogP contribution >= 0.6 is 0 Å². The summed E-state index contributed by atoms with van der Waals surface area (Å²) in [5.74, 6) is -0.566. The van der Waals surface area contributed by atoms with Crippen molar-refractivity contribution in [1.29, 1.82) is 0 Å². The molecule has 0 radical (unpaired) electrons. The Morgan fingerprint density at radius 2 is 2.14 bits per heavy atom. The van der Waals surface area contributed by atoms with Crippen molar-refractivity contribution in [1.82, 2.24) is 4.98 Å². The van der Waals surface area contributed by atoms with E-state index in [0.29, 0.717) is 0 Å². The van der Waals surface area contributed by atoms with E-state index in [1.807, 2.05) is 0 Å². The molecule has 1 heterocycles. The van der Waals surface area contributed by atoms with Crippen LogP contribution in [0.4, 0.5) is 19.0 Å². The molecule has 0 aliphatic carbocycles. The molecule has 0 atom stereocenters. The second kappa shape index (κ2) is 3.65. The first-order valence-electron chi connectivity index (χ1n) is 3.70. The highest BCUT2D eigenvalue weighted by Crippen LogP contribution is 2.29. The minimum atomic E-state index is -4.42. The summed E-state index contributed by atoms with van der Waals surface area (Å²) in [5, 5.41) is 2.17. The van der Waals surface area contributed by atoms with Crippen LogP contribution in [0.25, 0.3) is 0 Å². The number of halogens is 3. The number of carbonyl (C=O) groups is 1. The number of hydrogen-bond acceptors (Lipinski definition) is 2. The van der Waals surface area contributed by atoms with Gasteiger partial charge in [0.2, 0.25) is 5.91 Å². The third kappa shape index (κ3) is 2.72. The highest BCUT2D eigenvalue weighted by Gasteiger charge is 2.30. The van der Waals surface area contributed by atoms with Crippen molar-refractivity contribution in [2.45, 2.75) is 13.1 Å². The van der Waals surface area contributed by atoms with Crippen molar-refractivity contribution < 1.29 is 18.0 Å². The molecule has 3 nitrogen and oxygen atoms in total. The van der Waals surface area contributed by atoms with Gasteiger partial charge in [-0.15, -0.1) is 0 Å². The zero-order valence-corrected chi connectivity index (χ0v) is 7.22. The average molecular weight is 204 g/mol. The molecule has 0 saturated heterocycles. The van der Waals surface area contributed by atoms with E-state index in [2.05, 4.69) is 10.3 Å². The summed E-state index contributed by atoms with van der Waals surface area (Å²) < 4.78 is 36.5. The van der Waals surface area contributed by atoms with E-state index >= 15 is 0 Å². The summed E-state index contributed by atoms with van der Waals surface area (Å²) >= 11 is 0.